The molecule has 3 aliphatic heterocycles. The van der Waals surface area contributed by atoms with E-state index in [0.717, 1.165) is 17.5 Å². The number of aliphatic hydroxyl groups excluding tert-OH is 1. The van der Waals surface area contributed by atoms with Crippen molar-refractivity contribution in [2.45, 2.75) is 61.9 Å². The minimum Gasteiger partial charge on any atom is -0.394 e. The lowest BCUT2D eigenvalue weighted by molar-refractivity contribution is -0.143. The van der Waals surface area contributed by atoms with Gasteiger partial charge in [0, 0.05) is 12.3 Å². The van der Waals surface area contributed by atoms with Crippen LogP contribution in [0.3, 0.4) is 0 Å². The molecule has 3 aliphatic rings. The lowest BCUT2D eigenvalue weighted by atomic mass is 9.71. The van der Waals surface area contributed by atoms with Gasteiger partial charge in [-0.3, -0.25) is 14.4 Å². The number of para-hydroxylation sites is 1. The third-order valence-corrected chi connectivity index (χ3v) is 9.66. The molecule has 5 rings (SSSR count). The van der Waals surface area contributed by atoms with E-state index in [1.807, 2.05) is 38.1 Å². The predicted octanol–water partition coefficient (Wildman–Crippen LogP) is 0.749. The van der Waals surface area contributed by atoms with Crippen molar-refractivity contribution in [2.75, 3.05) is 13.7 Å². The molecule has 3 N–H and O–H groups in total. The van der Waals surface area contributed by atoms with Gasteiger partial charge in [-0.15, -0.1) is 16.9 Å². The number of nitrogens with zero attached hydrogens (tertiary/aromatic N) is 4. The maximum absolute atomic E-state index is 13.9. The number of hydrogen-bond donors (Lipinski definition) is 3. The summed E-state index contributed by atoms with van der Waals surface area (Å²) in [6.45, 7) is 3.93. The van der Waals surface area contributed by atoms with Crippen LogP contribution in [0.25, 0.3) is 11.0 Å². The topological polar surface area (TPSA) is 129 Å². The number of carbonyl (C=O) groups is 3. The summed E-state index contributed by atoms with van der Waals surface area (Å²) in [7, 11) is 1.59. The Morgan fingerprint density at radius 3 is 2.77 bits per heavy atom. The van der Waals surface area contributed by atoms with Crippen LogP contribution < -0.4 is 10.6 Å². The Labute approximate surface area is 208 Å². The Morgan fingerprint density at radius 2 is 2.06 bits per heavy atom. The van der Waals surface area contributed by atoms with Gasteiger partial charge in [-0.05, 0) is 37.3 Å². The average Bonchev–Trinajstić information content (AvgIpc) is 3.59. The average molecular weight is 501 g/mol. The second-order valence-corrected chi connectivity index (χ2v) is 11.8. The largest absolute Gasteiger partial charge is 0.394 e. The molecule has 1 spiro atoms. The van der Waals surface area contributed by atoms with Gasteiger partial charge in [0.25, 0.3) is 0 Å². The molecule has 1 aromatic heterocycles. The van der Waals surface area contributed by atoms with Crippen LogP contribution in [-0.2, 0) is 21.1 Å². The van der Waals surface area contributed by atoms with Crippen LogP contribution in [0.4, 0.5) is 0 Å². The van der Waals surface area contributed by atoms with E-state index in [9.17, 15) is 19.5 Å². The number of aromatic nitrogens is 3. The first-order valence-electron chi connectivity index (χ1n) is 12.2. The van der Waals surface area contributed by atoms with E-state index in [-0.39, 0.29) is 42.2 Å². The standard InChI is InChI=1S/C24H32N6O4S/c1-13(2)10-14(11-31)30-20(22(33)26-12-29-16-7-5-4-6-15(16)27-28-29)24-9-8-17(35-24)18(21(32)25-3)19(24)23(30)34/h4-7,13-14,17-20,31H,8-12H2,1-3H3,(H,25,32)(H,26,33)/t14-,17-,18+,19+,20?,24?/m1/s1. The van der Waals surface area contributed by atoms with Crippen LogP contribution in [0.2, 0.25) is 0 Å². The monoisotopic (exact) mass is 500 g/mol. The summed E-state index contributed by atoms with van der Waals surface area (Å²) in [6.07, 6.45) is 2.04. The Morgan fingerprint density at radius 1 is 1.29 bits per heavy atom. The van der Waals surface area contributed by atoms with Crippen molar-refractivity contribution >= 4 is 40.5 Å². The quantitative estimate of drug-likeness (QED) is 0.488. The maximum atomic E-state index is 13.9. The third-order valence-electron chi connectivity index (χ3n) is 7.71. The molecular formula is C24H32N6O4S. The van der Waals surface area contributed by atoms with E-state index in [4.69, 9.17) is 0 Å². The number of nitrogens with one attached hydrogen (secondary N) is 2. The van der Waals surface area contributed by atoms with Crippen LogP contribution in [0, 0.1) is 17.8 Å². The van der Waals surface area contributed by atoms with Crippen molar-refractivity contribution < 1.29 is 19.5 Å². The third kappa shape index (κ3) is 3.70. The summed E-state index contributed by atoms with van der Waals surface area (Å²) in [4.78, 5) is 42.2. The molecule has 2 unspecified atom stereocenters. The highest BCUT2D eigenvalue weighted by Crippen LogP contribution is 2.66. The van der Waals surface area contributed by atoms with Gasteiger partial charge >= 0.3 is 0 Å². The molecule has 2 bridgehead atoms. The molecule has 3 saturated heterocycles. The molecule has 35 heavy (non-hydrogen) atoms. The highest BCUT2D eigenvalue weighted by molar-refractivity contribution is 8.02. The van der Waals surface area contributed by atoms with E-state index < -0.39 is 28.7 Å². The summed E-state index contributed by atoms with van der Waals surface area (Å²) in [5, 5.41) is 24.3. The number of benzene rings is 1. The molecular weight excluding hydrogens is 468 g/mol. The molecule has 11 heteroatoms. The fourth-order valence-corrected chi connectivity index (χ4v) is 8.56. The van der Waals surface area contributed by atoms with Crippen molar-refractivity contribution in [3.63, 3.8) is 0 Å². The molecule has 4 heterocycles. The Bertz CT molecular complexity index is 1150. The van der Waals surface area contributed by atoms with Crippen molar-refractivity contribution in [1.82, 2.24) is 30.5 Å². The van der Waals surface area contributed by atoms with E-state index in [0.29, 0.717) is 12.8 Å². The van der Waals surface area contributed by atoms with Crippen LogP contribution >= 0.6 is 11.8 Å². The van der Waals surface area contributed by atoms with E-state index >= 15 is 0 Å². The maximum Gasteiger partial charge on any atom is 0.245 e. The molecule has 6 atom stereocenters. The van der Waals surface area contributed by atoms with Gasteiger partial charge in [0.2, 0.25) is 17.7 Å². The van der Waals surface area contributed by atoms with E-state index in [1.54, 1.807) is 28.4 Å². The lowest BCUT2D eigenvalue weighted by Crippen LogP contribution is -2.57. The summed E-state index contributed by atoms with van der Waals surface area (Å²) >= 11 is 1.62. The summed E-state index contributed by atoms with van der Waals surface area (Å²) < 4.78 is 0.936. The minimum absolute atomic E-state index is 0.0123. The van der Waals surface area contributed by atoms with Crippen LogP contribution in [0.5, 0.6) is 0 Å². The van der Waals surface area contributed by atoms with Gasteiger partial charge in [-0.2, -0.15) is 0 Å². The first kappa shape index (κ1) is 24.1. The number of hydrogen-bond acceptors (Lipinski definition) is 7. The molecule has 0 aliphatic carbocycles. The first-order valence-corrected chi connectivity index (χ1v) is 13.1. The Hall–Kier alpha value is -2.66. The number of rotatable bonds is 8. The van der Waals surface area contributed by atoms with Gasteiger partial charge in [0.1, 0.15) is 18.2 Å². The second-order valence-electron chi connectivity index (χ2n) is 10.2. The van der Waals surface area contributed by atoms with Crippen molar-refractivity contribution in [3.05, 3.63) is 24.3 Å². The van der Waals surface area contributed by atoms with Gasteiger partial charge in [0.05, 0.1) is 34.7 Å². The van der Waals surface area contributed by atoms with Crippen LogP contribution in [0.15, 0.2) is 24.3 Å². The number of fused-ring (bicyclic) bond motifs is 2. The molecule has 0 radical (unpaired) electrons. The molecule has 2 aromatic rings. The van der Waals surface area contributed by atoms with Gasteiger partial charge < -0.3 is 20.6 Å². The zero-order valence-electron chi connectivity index (χ0n) is 20.2. The van der Waals surface area contributed by atoms with Crippen molar-refractivity contribution in [1.29, 1.82) is 0 Å². The normalized spacial score (nSPS) is 30.2. The molecule has 188 valence electrons. The molecule has 3 fully saturated rings. The Kier molecular flexibility index (Phi) is 6.25. The van der Waals surface area contributed by atoms with Crippen molar-refractivity contribution in [3.8, 4) is 0 Å². The van der Waals surface area contributed by atoms with Crippen molar-refractivity contribution in [2.24, 2.45) is 17.8 Å². The SMILES string of the molecule is CNC(=O)[C@@H]1[C@H]2C(=O)N([C@@H](CO)CC(C)C)C(C(=O)NCn3nnc4ccccc43)C23CC[C@H]1S3. The van der Waals surface area contributed by atoms with E-state index in [2.05, 4.69) is 20.9 Å². The van der Waals surface area contributed by atoms with Crippen LogP contribution in [0.1, 0.15) is 33.1 Å². The molecule has 0 saturated carbocycles. The van der Waals surface area contributed by atoms with Crippen LogP contribution in [-0.4, -0.2) is 78.5 Å². The number of amides is 3. The fraction of sp³-hybridized carbons (Fsp3) is 0.625. The highest BCUT2D eigenvalue weighted by Gasteiger charge is 2.74. The highest BCUT2D eigenvalue weighted by atomic mass is 32.2. The predicted molar refractivity (Wildman–Crippen MR) is 131 cm³/mol. The minimum atomic E-state index is -0.768. The zero-order chi connectivity index (χ0) is 24.9. The Balaban J connectivity index is 1.48. The van der Waals surface area contributed by atoms with E-state index in [1.165, 1.54) is 0 Å². The molecule has 3 amide bonds. The second kappa shape index (κ2) is 9.09. The van der Waals surface area contributed by atoms with Gasteiger partial charge in [-0.25, -0.2) is 4.68 Å². The summed E-state index contributed by atoms with van der Waals surface area (Å²) in [6, 6.07) is 6.24. The van der Waals surface area contributed by atoms with Gasteiger partial charge in [-0.1, -0.05) is 31.2 Å². The zero-order valence-corrected chi connectivity index (χ0v) is 21.0. The number of likely N-dealkylation sites (tertiary alicyclic amines) is 1. The fourth-order valence-electron chi connectivity index (χ4n) is 6.35. The summed E-state index contributed by atoms with van der Waals surface area (Å²) in [5.74, 6) is -1.45. The summed E-state index contributed by atoms with van der Waals surface area (Å²) in [5.41, 5.74) is 1.53. The van der Waals surface area contributed by atoms with Gasteiger partial charge in [0.15, 0.2) is 0 Å². The molecule has 1 aromatic carbocycles. The number of aliphatic hydroxyl groups is 1. The number of carbonyl (C=O) groups excluding carboxylic acids is 3. The molecule has 10 nitrogen and oxygen atoms in total. The smallest absolute Gasteiger partial charge is 0.245 e. The first-order chi connectivity index (χ1) is 16.8. The lowest BCUT2D eigenvalue weighted by Gasteiger charge is -2.37. The number of thioether (sulfide) groups is 1.